The number of ether oxygens (including phenoxy) is 1. The Morgan fingerprint density at radius 3 is 2.40 bits per heavy atom. The molecule has 2 aromatic carbocycles. The van der Waals surface area contributed by atoms with Crippen LogP contribution >= 0.6 is 0 Å². The van der Waals surface area contributed by atoms with Gasteiger partial charge in [0.25, 0.3) is 0 Å². The fourth-order valence-electron chi connectivity index (χ4n) is 2.13. The van der Waals surface area contributed by atoms with Crippen LogP contribution in [0, 0.1) is 0 Å². The summed E-state index contributed by atoms with van der Waals surface area (Å²) < 4.78 is 5.72. The van der Waals surface area contributed by atoms with Crippen molar-refractivity contribution in [2.24, 2.45) is 0 Å². The van der Waals surface area contributed by atoms with E-state index in [2.05, 4.69) is 48.6 Å². The van der Waals surface area contributed by atoms with Crippen LogP contribution in [0.5, 0.6) is 5.75 Å². The zero-order valence-corrected chi connectivity index (χ0v) is 12.5. The summed E-state index contributed by atoms with van der Waals surface area (Å²) in [6, 6.07) is 19.1. The quantitative estimate of drug-likeness (QED) is 0.843. The van der Waals surface area contributed by atoms with E-state index < -0.39 is 0 Å². The molecule has 2 heteroatoms. The molecule has 0 aliphatic carbocycles. The first kappa shape index (κ1) is 14.6. The Labute approximate surface area is 121 Å². The van der Waals surface area contributed by atoms with E-state index in [1.54, 1.807) is 0 Å². The molecule has 0 amide bonds. The van der Waals surface area contributed by atoms with E-state index in [0.29, 0.717) is 6.04 Å². The first-order chi connectivity index (χ1) is 9.65. The molecule has 0 radical (unpaired) electrons. The number of nitrogens with one attached hydrogen (secondary N) is 1. The van der Waals surface area contributed by atoms with Crippen LogP contribution in [0.1, 0.15) is 37.9 Å². The molecular weight excluding hydrogens is 246 g/mol. The SMILES string of the molecule is CC(C)Oc1cccc(CNC(C)c2ccccc2)c1. The van der Waals surface area contributed by atoms with Crippen molar-refractivity contribution in [1.29, 1.82) is 0 Å². The van der Waals surface area contributed by atoms with Crippen LogP contribution in [0.3, 0.4) is 0 Å². The second kappa shape index (κ2) is 7.11. The van der Waals surface area contributed by atoms with Gasteiger partial charge in [-0.3, -0.25) is 0 Å². The van der Waals surface area contributed by atoms with Gasteiger partial charge in [-0.25, -0.2) is 0 Å². The van der Waals surface area contributed by atoms with Gasteiger partial charge in [-0.1, -0.05) is 42.5 Å². The van der Waals surface area contributed by atoms with Gasteiger partial charge in [0.2, 0.25) is 0 Å². The fraction of sp³-hybridized carbons (Fsp3) is 0.333. The van der Waals surface area contributed by atoms with Crippen LogP contribution in [-0.4, -0.2) is 6.10 Å². The number of rotatable bonds is 6. The zero-order valence-electron chi connectivity index (χ0n) is 12.5. The van der Waals surface area contributed by atoms with Crippen molar-refractivity contribution in [3.63, 3.8) is 0 Å². The summed E-state index contributed by atoms with van der Waals surface area (Å²) in [6.45, 7) is 7.11. The molecule has 0 aromatic heterocycles. The average molecular weight is 269 g/mol. The van der Waals surface area contributed by atoms with Crippen LogP contribution < -0.4 is 10.1 Å². The smallest absolute Gasteiger partial charge is 0.120 e. The van der Waals surface area contributed by atoms with E-state index in [9.17, 15) is 0 Å². The standard InChI is InChI=1S/C18H23NO/c1-14(2)20-18-11-7-8-16(12-18)13-19-15(3)17-9-5-4-6-10-17/h4-12,14-15,19H,13H2,1-3H3. The van der Waals surface area contributed by atoms with Gasteiger partial charge in [0, 0.05) is 12.6 Å². The predicted octanol–water partition coefficient (Wildman–Crippen LogP) is 4.32. The zero-order chi connectivity index (χ0) is 14.4. The van der Waals surface area contributed by atoms with E-state index in [1.165, 1.54) is 11.1 Å². The summed E-state index contributed by atoms with van der Waals surface area (Å²) in [5, 5.41) is 3.54. The maximum atomic E-state index is 5.72. The Hall–Kier alpha value is -1.80. The van der Waals surface area contributed by atoms with Crippen LogP contribution in [0.4, 0.5) is 0 Å². The molecule has 0 aliphatic heterocycles. The molecule has 0 bridgehead atoms. The molecule has 1 N–H and O–H groups in total. The molecule has 2 rings (SSSR count). The van der Waals surface area contributed by atoms with Crippen molar-refractivity contribution in [2.45, 2.75) is 39.5 Å². The lowest BCUT2D eigenvalue weighted by atomic mass is 10.1. The van der Waals surface area contributed by atoms with Gasteiger partial charge in [-0.15, -0.1) is 0 Å². The molecule has 0 fully saturated rings. The van der Waals surface area contributed by atoms with Gasteiger partial charge in [-0.05, 0) is 44.0 Å². The molecular formula is C18H23NO. The summed E-state index contributed by atoms with van der Waals surface area (Å²) in [4.78, 5) is 0. The summed E-state index contributed by atoms with van der Waals surface area (Å²) in [5.41, 5.74) is 2.55. The van der Waals surface area contributed by atoms with E-state index >= 15 is 0 Å². The number of benzene rings is 2. The average Bonchev–Trinajstić information content (AvgIpc) is 2.45. The number of hydrogen-bond donors (Lipinski definition) is 1. The molecule has 0 saturated heterocycles. The van der Waals surface area contributed by atoms with E-state index in [0.717, 1.165) is 12.3 Å². The molecule has 0 saturated carbocycles. The van der Waals surface area contributed by atoms with E-state index in [-0.39, 0.29) is 6.10 Å². The third kappa shape index (κ3) is 4.39. The Morgan fingerprint density at radius 2 is 1.70 bits per heavy atom. The summed E-state index contributed by atoms with van der Waals surface area (Å²) in [7, 11) is 0. The molecule has 2 aromatic rings. The van der Waals surface area contributed by atoms with Gasteiger partial charge in [-0.2, -0.15) is 0 Å². The molecule has 0 spiro atoms. The first-order valence-electron chi connectivity index (χ1n) is 7.19. The van der Waals surface area contributed by atoms with Crippen LogP contribution in [0.2, 0.25) is 0 Å². The van der Waals surface area contributed by atoms with Crippen molar-refractivity contribution in [2.75, 3.05) is 0 Å². The van der Waals surface area contributed by atoms with Crippen molar-refractivity contribution >= 4 is 0 Å². The highest BCUT2D eigenvalue weighted by molar-refractivity contribution is 5.29. The maximum Gasteiger partial charge on any atom is 0.120 e. The fourth-order valence-corrected chi connectivity index (χ4v) is 2.13. The Bertz CT molecular complexity index is 522. The second-order valence-corrected chi connectivity index (χ2v) is 5.33. The topological polar surface area (TPSA) is 21.3 Å². The van der Waals surface area contributed by atoms with Crippen LogP contribution in [-0.2, 0) is 6.54 Å². The maximum absolute atomic E-state index is 5.72. The van der Waals surface area contributed by atoms with Crippen molar-refractivity contribution in [1.82, 2.24) is 5.32 Å². The van der Waals surface area contributed by atoms with Crippen LogP contribution in [0.15, 0.2) is 54.6 Å². The lowest BCUT2D eigenvalue weighted by Crippen LogP contribution is -2.18. The third-order valence-electron chi connectivity index (χ3n) is 3.18. The van der Waals surface area contributed by atoms with Gasteiger partial charge < -0.3 is 10.1 Å². The lowest BCUT2D eigenvalue weighted by Gasteiger charge is -2.15. The molecule has 0 aliphatic rings. The highest BCUT2D eigenvalue weighted by Gasteiger charge is 2.05. The van der Waals surface area contributed by atoms with Crippen molar-refractivity contribution in [3.8, 4) is 5.75 Å². The van der Waals surface area contributed by atoms with Crippen molar-refractivity contribution in [3.05, 3.63) is 65.7 Å². The second-order valence-electron chi connectivity index (χ2n) is 5.33. The normalized spacial score (nSPS) is 12.4. The van der Waals surface area contributed by atoms with E-state index in [4.69, 9.17) is 4.74 Å². The lowest BCUT2D eigenvalue weighted by molar-refractivity contribution is 0.242. The summed E-state index contributed by atoms with van der Waals surface area (Å²) >= 11 is 0. The Balaban J connectivity index is 1.94. The monoisotopic (exact) mass is 269 g/mol. The van der Waals surface area contributed by atoms with Crippen molar-refractivity contribution < 1.29 is 4.74 Å². The van der Waals surface area contributed by atoms with Gasteiger partial charge in [0.1, 0.15) is 5.75 Å². The first-order valence-corrected chi connectivity index (χ1v) is 7.19. The minimum atomic E-state index is 0.210. The molecule has 2 nitrogen and oxygen atoms in total. The largest absolute Gasteiger partial charge is 0.491 e. The highest BCUT2D eigenvalue weighted by atomic mass is 16.5. The predicted molar refractivity (Wildman–Crippen MR) is 83.9 cm³/mol. The van der Waals surface area contributed by atoms with Gasteiger partial charge in [0.15, 0.2) is 0 Å². The summed E-state index contributed by atoms with van der Waals surface area (Å²) in [6.07, 6.45) is 0.210. The summed E-state index contributed by atoms with van der Waals surface area (Å²) in [5.74, 6) is 0.937. The van der Waals surface area contributed by atoms with Gasteiger partial charge in [0.05, 0.1) is 6.10 Å². The van der Waals surface area contributed by atoms with E-state index in [1.807, 2.05) is 32.0 Å². The Morgan fingerprint density at radius 1 is 0.950 bits per heavy atom. The number of hydrogen-bond acceptors (Lipinski definition) is 2. The van der Waals surface area contributed by atoms with Crippen LogP contribution in [0.25, 0.3) is 0 Å². The molecule has 0 heterocycles. The molecule has 1 unspecified atom stereocenters. The minimum Gasteiger partial charge on any atom is -0.491 e. The molecule has 106 valence electrons. The third-order valence-corrected chi connectivity index (χ3v) is 3.18. The Kier molecular flexibility index (Phi) is 5.19. The highest BCUT2D eigenvalue weighted by Crippen LogP contribution is 2.16. The van der Waals surface area contributed by atoms with Gasteiger partial charge >= 0.3 is 0 Å². The molecule has 20 heavy (non-hydrogen) atoms. The minimum absolute atomic E-state index is 0.210. The molecule has 1 atom stereocenters.